The summed E-state index contributed by atoms with van der Waals surface area (Å²) in [6.45, 7) is 1.94. The Labute approximate surface area is 181 Å². The SMILES string of the molecule is Cc1cn(-c2ccc3c(c2)-c2sc(C(=O)Nc4c(F)cccc4F)nc2CCC3)cn1. The Hall–Kier alpha value is -3.39. The van der Waals surface area contributed by atoms with Crippen molar-refractivity contribution in [3.05, 3.63) is 82.5 Å². The highest BCUT2D eigenvalue weighted by molar-refractivity contribution is 7.17. The number of carbonyl (C=O) groups excluding carboxylic acids is 1. The number of hydrogen-bond acceptors (Lipinski definition) is 4. The first-order chi connectivity index (χ1) is 15.0. The van der Waals surface area contributed by atoms with Crippen molar-refractivity contribution in [1.82, 2.24) is 14.5 Å². The number of thiazole rings is 1. The number of benzene rings is 2. The van der Waals surface area contributed by atoms with E-state index in [1.54, 1.807) is 6.33 Å². The van der Waals surface area contributed by atoms with E-state index in [1.807, 2.05) is 17.7 Å². The molecule has 156 valence electrons. The summed E-state index contributed by atoms with van der Waals surface area (Å²) in [5.74, 6) is -2.26. The first kappa shape index (κ1) is 19.6. The largest absolute Gasteiger partial charge is 0.315 e. The molecule has 2 heterocycles. The molecule has 5 rings (SSSR count). The second kappa shape index (κ2) is 7.70. The molecular weight excluding hydrogens is 418 g/mol. The van der Waals surface area contributed by atoms with Gasteiger partial charge in [0, 0.05) is 11.9 Å². The Bertz CT molecular complexity index is 1290. The van der Waals surface area contributed by atoms with Crippen LogP contribution in [-0.4, -0.2) is 20.4 Å². The smallest absolute Gasteiger partial charge is 0.284 e. The van der Waals surface area contributed by atoms with Crippen molar-refractivity contribution in [2.45, 2.75) is 26.2 Å². The van der Waals surface area contributed by atoms with Gasteiger partial charge in [0.1, 0.15) is 17.3 Å². The molecule has 0 saturated heterocycles. The number of carbonyl (C=O) groups is 1. The molecule has 0 atom stereocenters. The molecular formula is C23H18F2N4OS. The number of rotatable bonds is 3. The molecule has 1 aliphatic carbocycles. The Morgan fingerprint density at radius 2 is 1.97 bits per heavy atom. The third-order valence-electron chi connectivity index (χ3n) is 5.30. The Kier molecular flexibility index (Phi) is 4.86. The van der Waals surface area contributed by atoms with Crippen molar-refractivity contribution in [1.29, 1.82) is 0 Å². The van der Waals surface area contributed by atoms with Gasteiger partial charge in [0.15, 0.2) is 5.01 Å². The lowest BCUT2D eigenvalue weighted by atomic mass is 10.0. The van der Waals surface area contributed by atoms with Crippen LogP contribution in [0.25, 0.3) is 16.1 Å². The summed E-state index contributed by atoms with van der Waals surface area (Å²) in [7, 11) is 0. The first-order valence-electron chi connectivity index (χ1n) is 9.89. The van der Waals surface area contributed by atoms with Crippen LogP contribution >= 0.6 is 11.3 Å². The summed E-state index contributed by atoms with van der Waals surface area (Å²) in [5, 5.41) is 2.51. The van der Waals surface area contributed by atoms with E-state index in [9.17, 15) is 13.6 Å². The number of anilines is 1. The molecule has 1 aliphatic rings. The number of nitrogens with one attached hydrogen (secondary N) is 1. The van der Waals surface area contributed by atoms with Gasteiger partial charge < -0.3 is 9.88 Å². The Morgan fingerprint density at radius 3 is 2.71 bits per heavy atom. The number of imidazole rings is 1. The number of halogens is 2. The molecule has 1 N–H and O–H groups in total. The lowest BCUT2D eigenvalue weighted by Crippen LogP contribution is -2.14. The standard InChI is InChI=1S/C23H18F2N4OS/c1-13-11-29(12-26-13)15-9-8-14-4-2-7-19-21(16(14)10-15)31-23(27-19)22(30)28-20-17(24)5-3-6-18(20)25/h3,5-6,8-12H,2,4,7H2,1H3,(H,28,30). The van der Waals surface area contributed by atoms with Gasteiger partial charge in [-0.15, -0.1) is 11.3 Å². The summed E-state index contributed by atoms with van der Waals surface area (Å²) in [6, 6.07) is 9.69. The monoisotopic (exact) mass is 436 g/mol. The van der Waals surface area contributed by atoms with Gasteiger partial charge in [-0.1, -0.05) is 12.1 Å². The van der Waals surface area contributed by atoms with Crippen LogP contribution in [0.5, 0.6) is 0 Å². The van der Waals surface area contributed by atoms with Crippen LogP contribution in [-0.2, 0) is 12.8 Å². The zero-order valence-corrected chi connectivity index (χ0v) is 17.5. The number of amides is 1. The molecule has 5 nitrogen and oxygen atoms in total. The van der Waals surface area contributed by atoms with Crippen LogP contribution in [0, 0.1) is 18.6 Å². The second-order valence-electron chi connectivity index (χ2n) is 7.46. The van der Waals surface area contributed by atoms with Gasteiger partial charge in [-0.05, 0) is 61.6 Å². The highest BCUT2D eigenvalue weighted by atomic mass is 32.1. The molecule has 0 unspecified atom stereocenters. The average Bonchev–Trinajstić information content (AvgIpc) is 3.34. The normalized spacial score (nSPS) is 12.7. The van der Waals surface area contributed by atoms with E-state index in [4.69, 9.17) is 0 Å². The molecule has 0 radical (unpaired) electrons. The van der Waals surface area contributed by atoms with Gasteiger partial charge in [-0.3, -0.25) is 4.79 Å². The fourth-order valence-electron chi connectivity index (χ4n) is 3.78. The molecule has 1 amide bonds. The van der Waals surface area contributed by atoms with Crippen molar-refractivity contribution < 1.29 is 13.6 Å². The predicted molar refractivity (Wildman–Crippen MR) is 116 cm³/mol. The van der Waals surface area contributed by atoms with E-state index in [0.29, 0.717) is 0 Å². The lowest BCUT2D eigenvalue weighted by Gasteiger charge is -2.09. The van der Waals surface area contributed by atoms with E-state index in [0.717, 1.165) is 58.9 Å². The summed E-state index contributed by atoms with van der Waals surface area (Å²) < 4.78 is 29.8. The van der Waals surface area contributed by atoms with Crippen molar-refractivity contribution >= 4 is 22.9 Å². The molecule has 4 aromatic rings. The number of nitrogens with zero attached hydrogens (tertiary/aromatic N) is 3. The fraction of sp³-hybridized carbons (Fsp3) is 0.174. The van der Waals surface area contributed by atoms with Gasteiger partial charge >= 0.3 is 0 Å². The summed E-state index contributed by atoms with van der Waals surface area (Å²) in [4.78, 5) is 22.4. The first-order valence-corrected chi connectivity index (χ1v) is 10.7. The van der Waals surface area contributed by atoms with E-state index in [1.165, 1.54) is 23.0 Å². The molecule has 0 bridgehead atoms. The maximum Gasteiger partial charge on any atom is 0.284 e. The minimum atomic E-state index is -0.822. The maximum absolute atomic E-state index is 13.9. The minimum absolute atomic E-state index is 0.185. The average molecular weight is 436 g/mol. The van der Waals surface area contributed by atoms with Crippen LogP contribution in [0.4, 0.5) is 14.5 Å². The second-order valence-corrected chi connectivity index (χ2v) is 8.46. The van der Waals surface area contributed by atoms with Crippen LogP contribution < -0.4 is 5.32 Å². The molecule has 2 aromatic heterocycles. The molecule has 2 aromatic carbocycles. The summed E-state index contributed by atoms with van der Waals surface area (Å²) in [5.41, 5.74) is 4.49. The van der Waals surface area contributed by atoms with Crippen molar-refractivity contribution in [2.24, 2.45) is 0 Å². The highest BCUT2D eigenvalue weighted by Gasteiger charge is 2.23. The zero-order valence-electron chi connectivity index (χ0n) is 16.7. The fourth-order valence-corrected chi connectivity index (χ4v) is 4.83. The quantitative estimate of drug-likeness (QED) is 0.473. The topological polar surface area (TPSA) is 59.8 Å². The number of aryl methyl sites for hydroxylation is 3. The lowest BCUT2D eigenvalue weighted by molar-refractivity contribution is 0.102. The number of hydrogen-bond donors (Lipinski definition) is 1. The van der Waals surface area contributed by atoms with Gasteiger partial charge in [0.05, 0.1) is 22.6 Å². The Morgan fingerprint density at radius 1 is 1.16 bits per heavy atom. The third kappa shape index (κ3) is 3.63. The van der Waals surface area contributed by atoms with E-state index >= 15 is 0 Å². The van der Waals surface area contributed by atoms with Crippen molar-refractivity contribution in [3.8, 4) is 16.1 Å². The van der Waals surface area contributed by atoms with Gasteiger partial charge in [0.25, 0.3) is 5.91 Å². The van der Waals surface area contributed by atoms with Crippen LogP contribution in [0.1, 0.15) is 33.2 Å². The number of para-hydroxylation sites is 1. The predicted octanol–water partition coefficient (Wildman–Crippen LogP) is 5.32. The van der Waals surface area contributed by atoms with E-state index in [2.05, 4.69) is 33.5 Å². The summed E-state index contributed by atoms with van der Waals surface area (Å²) in [6.07, 6.45) is 6.29. The van der Waals surface area contributed by atoms with Gasteiger partial charge in [0.2, 0.25) is 0 Å². The molecule has 0 aliphatic heterocycles. The minimum Gasteiger partial charge on any atom is -0.315 e. The van der Waals surface area contributed by atoms with Gasteiger partial charge in [-0.2, -0.15) is 0 Å². The van der Waals surface area contributed by atoms with Gasteiger partial charge in [-0.25, -0.2) is 18.7 Å². The van der Waals surface area contributed by atoms with E-state index in [-0.39, 0.29) is 5.01 Å². The van der Waals surface area contributed by atoms with Crippen molar-refractivity contribution in [2.75, 3.05) is 5.32 Å². The molecule has 31 heavy (non-hydrogen) atoms. The van der Waals surface area contributed by atoms with Crippen LogP contribution in [0.2, 0.25) is 0 Å². The summed E-state index contributed by atoms with van der Waals surface area (Å²) >= 11 is 1.25. The van der Waals surface area contributed by atoms with Crippen LogP contribution in [0.15, 0.2) is 48.9 Å². The number of fused-ring (bicyclic) bond motifs is 3. The highest BCUT2D eigenvalue weighted by Crippen LogP contribution is 2.38. The molecule has 0 saturated carbocycles. The Balaban J connectivity index is 1.52. The maximum atomic E-state index is 13.9. The van der Waals surface area contributed by atoms with E-state index < -0.39 is 23.2 Å². The number of aromatic nitrogens is 3. The molecule has 0 spiro atoms. The molecule has 0 fully saturated rings. The van der Waals surface area contributed by atoms with Crippen molar-refractivity contribution in [3.63, 3.8) is 0 Å². The third-order valence-corrected chi connectivity index (χ3v) is 6.43. The molecule has 8 heteroatoms. The van der Waals surface area contributed by atoms with Crippen LogP contribution in [0.3, 0.4) is 0 Å². The zero-order chi connectivity index (χ0) is 21.5.